The Bertz CT molecular complexity index is 1100. The molecule has 2 N–H and O–H groups in total. The van der Waals surface area contributed by atoms with Crippen LogP contribution in [0.15, 0.2) is 48.5 Å². The summed E-state index contributed by atoms with van der Waals surface area (Å²) in [6, 6.07) is 16.4. The van der Waals surface area contributed by atoms with Crippen molar-refractivity contribution in [3.05, 3.63) is 59.7 Å². The Balaban J connectivity index is 1.08. The van der Waals surface area contributed by atoms with Gasteiger partial charge in [0.05, 0.1) is 0 Å². The Morgan fingerprint density at radius 1 is 1.11 bits per heavy atom. The Kier molecular flexibility index (Phi) is 6.26. The lowest BCUT2D eigenvalue weighted by molar-refractivity contribution is -0.154. The number of carboxylic acid groups (broad SMARTS) is 1. The molecule has 3 aliphatic rings. The minimum atomic E-state index is -0.960. The van der Waals surface area contributed by atoms with Gasteiger partial charge in [0, 0.05) is 25.4 Å². The number of rotatable bonds is 8. The zero-order valence-electron chi connectivity index (χ0n) is 20.0. The first kappa shape index (κ1) is 23.4. The standard InChI is InChI=1S/C28H32N2O5/c1-18(12-13-25(31)30-14-6-7-19-15-28(19,30)26(32)33)16-29-27(34)35-17-24-22-10-4-2-8-20(22)21-9-3-5-11-23(21)24/h2-5,8-11,18-19,24H,6-7,12-17H2,1H3,(H,29,34)(H,32,33). The van der Waals surface area contributed by atoms with Crippen molar-refractivity contribution in [2.24, 2.45) is 11.8 Å². The first-order valence-electron chi connectivity index (χ1n) is 12.5. The van der Waals surface area contributed by atoms with Gasteiger partial charge in [0.15, 0.2) is 0 Å². The number of nitrogens with zero attached hydrogens (tertiary/aromatic N) is 1. The van der Waals surface area contributed by atoms with Crippen LogP contribution < -0.4 is 5.32 Å². The fourth-order valence-electron chi connectivity index (χ4n) is 5.92. The van der Waals surface area contributed by atoms with Crippen molar-refractivity contribution >= 4 is 18.0 Å². The molecule has 3 unspecified atom stereocenters. The van der Waals surface area contributed by atoms with Crippen LogP contribution in [-0.2, 0) is 14.3 Å². The number of amides is 2. The molecule has 0 spiro atoms. The molecule has 1 saturated heterocycles. The largest absolute Gasteiger partial charge is 0.479 e. The molecule has 7 nitrogen and oxygen atoms in total. The first-order valence-corrected chi connectivity index (χ1v) is 12.5. The molecule has 2 amide bonds. The van der Waals surface area contributed by atoms with Crippen molar-refractivity contribution in [3.8, 4) is 11.1 Å². The molecule has 0 aromatic heterocycles. The lowest BCUT2D eigenvalue weighted by atomic mass is 9.98. The average Bonchev–Trinajstić information content (AvgIpc) is 3.55. The number of piperidine rings is 1. The Morgan fingerprint density at radius 3 is 2.43 bits per heavy atom. The smallest absolute Gasteiger partial charge is 0.407 e. The molecule has 7 heteroatoms. The van der Waals surface area contributed by atoms with E-state index in [4.69, 9.17) is 4.74 Å². The van der Waals surface area contributed by atoms with Crippen LogP contribution in [0.4, 0.5) is 4.79 Å². The summed E-state index contributed by atoms with van der Waals surface area (Å²) in [5.41, 5.74) is 3.75. The van der Waals surface area contributed by atoms with Crippen LogP contribution in [0.2, 0.25) is 0 Å². The van der Waals surface area contributed by atoms with E-state index in [9.17, 15) is 19.5 Å². The summed E-state index contributed by atoms with van der Waals surface area (Å²) in [6.45, 7) is 3.16. The van der Waals surface area contributed by atoms with Crippen molar-refractivity contribution in [2.75, 3.05) is 19.7 Å². The van der Waals surface area contributed by atoms with Gasteiger partial charge in [0.2, 0.25) is 5.91 Å². The third-order valence-electron chi connectivity index (χ3n) is 7.95. The van der Waals surface area contributed by atoms with E-state index < -0.39 is 17.6 Å². The van der Waals surface area contributed by atoms with E-state index in [1.54, 1.807) is 4.90 Å². The van der Waals surface area contributed by atoms with Crippen LogP contribution in [0, 0.1) is 11.8 Å². The summed E-state index contributed by atoms with van der Waals surface area (Å²) in [5.74, 6) is -0.783. The van der Waals surface area contributed by atoms with Gasteiger partial charge in [-0.1, -0.05) is 55.5 Å². The fraction of sp³-hybridized carbons (Fsp3) is 0.464. The van der Waals surface area contributed by atoms with Crippen LogP contribution in [0.5, 0.6) is 0 Å². The van der Waals surface area contributed by atoms with Gasteiger partial charge in [0.25, 0.3) is 0 Å². The number of fused-ring (bicyclic) bond motifs is 4. The Hall–Kier alpha value is -3.35. The average molecular weight is 477 g/mol. The van der Waals surface area contributed by atoms with E-state index >= 15 is 0 Å². The number of hydrogen-bond acceptors (Lipinski definition) is 4. The van der Waals surface area contributed by atoms with Crippen LogP contribution in [0.25, 0.3) is 11.1 Å². The SMILES string of the molecule is CC(CCC(=O)N1CCCC2CC21C(=O)O)CNC(=O)OCC1c2ccccc2-c2ccccc21. The van der Waals surface area contributed by atoms with Gasteiger partial charge in [-0.25, -0.2) is 9.59 Å². The number of aliphatic carboxylic acids is 1. The molecule has 35 heavy (non-hydrogen) atoms. The fourth-order valence-corrected chi connectivity index (χ4v) is 5.92. The molecule has 5 rings (SSSR count). The number of carbonyl (C=O) groups excluding carboxylic acids is 2. The Morgan fingerprint density at radius 2 is 1.77 bits per heavy atom. The summed E-state index contributed by atoms with van der Waals surface area (Å²) >= 11 is 0. The number of carboxylic acids is 1. The highest BCUT2D eigenvalue weighted by molar-refractivity contribution is 5.90. The van der Waals surface area contributed by atoms with Crippen LogP contribution in [-0.4, -0.2) is 53.2 Å². The molecular formula is C28H32N2O5. The predicted molar refractivity (Wildman–Crippen MR) is 131 cm³/mol. The predicted octanol–water partition coefficient (Wildman–Crippen LogP) is 4.41. The monoisotopic (exact) mass is 476 g/mol. The molecule has 0 bridgehead atoms. The van der Waals surface area contributed by atoms with E-state index in [1.807, 2.05) is 31.2 Å². The third kappa shape index (κ3) is 4.28. The van der Waals surface area contributed by atoms with Crippen molar-refractivity contribution in [3.63, 3.8) is 0 Å². The number of nitrogens with one attached hydrogen (secondary N) is 1. The maximum atomic E-state index is 12.8. The number of likely N-dealkylation sites (tertiary alicyclic amines) is 1. The highest BCUT2D eigenvalue weighted by atomic mass is 16.5. The number of benzene rings is 2. The zero-order chi connectivity index (χ0) is 24.6. The molecule has 2 aliphatic carbocycles. The van der Waals surface area contributed by atoms with Gasteiger partial charge in [-0.15, -0.1) is 0 Å². The topological polar surface area (TPSA) is 95.9 Å². The summed E-state index contributed by atoms with van der Waals surface area (Å²) in [5, 5.41) is 12.5. The van der Waals surface area contributed by atoms with E-state index in [-0.39, 0.29) is 36.7 Å². The van der Waals surface area contributed by atoms with Gasteiger partial charge >= 0.3 is 12.1 Å². The quantitative estimate of drug-likeness (QED) is 0.589. The lowest BCUT2D eigenvalue weighted by Crippen LogP contribution is -2.51. The molecule has 1 saturated carbocycles. The zero-order valence-corrected chi connectivity index (χ0v) is 20.0. The van der Waals surface area contributed by atoms with Crippen molar-refractivity contribution < 1.29 is 24.2 Å². The summed E-state index contributed by atoms with van der Waals surface area (Å²) in [6.07, 6.45) is 2.73. The van der Waals surface area contributed by atoms with E-state index in [2.05, 4.69) is 29.6 Å². The summed E-state index contributed by atoms with van der Waals surface area (Å²) < 4.78 is 5.58. The number of hydrogen-bond donors (Lipinski definition) is 2. The van der Waals surface area contributed by atoms with Gasteiger partial charge in [-0.2, -0.15) is 0 Å². The summed E-state index contributed by atoms with van der Waals surface area (Å²) in [7, 11) is 0. The van der Waals surface area contributed by atoms with Crippen LogP contribution in [0.1, 0.15) is 56.1 Å². The van der Waals surface area contributed by atoms with Gasteiger partial charge < -0.3 is 20.1 Å². The number of ether oxygens (including phenoxy) is 1. The molecule has 2 fully saturated rings. The normalized spacial score (nSPS) is 23.0. The highest BCUT2D eigenvalue weighted by Crippen LogP contribution is 2.54. The molecule has 1 aliphatic heterocycles. The second kappa shape index (κ2) is 9.36. The maximum Gasteiger partial charge on any atom is 0.407 e. The van der Waals surface area contributed by atoms with Crippen LogP contribution >= 0.6 is 0 Å². The van der Waals surface area contributed by atoms with E-state index in [0.29, 0.717) is 25.9 Å². The molecule has 1 heterocycles. The molecule has 2 aromatic carbocycles. The molecule has 2 aromatic rings. The minimum Gasteiger partial charge on any atom is -0.479 e. The highest BCUT2D eigenvalue weighted by Gasteiger charge is 2.66. The molecule has 0 radical (unpaired) electrons. The van der Waals surface area contributed by atoms with Gasteiger partial charge in [-0.05, 0) is 59.8 Å². The van der Waals surface area contributed by atoms with E-state index in [0.717, 1.165) is 12.8 Å². The molecular weight excluding hydrogens is 444 g/mol. The lowest BCUT2D eigenvalue weighted by Gasteiger charge is -2.34. The van der Waals surface area contributed by atoms with Crippen molar-refractivity contribution in [1.29, 1.82) is 0 Å². The van der Waals surface area contributed by atoms with Gasteiger partial charge in [0.1, 0.15) is 12.1 Å². The summed E-state index contributed by atoms with van der Waals surface area (Å²) in [4.78, 5) is 38.6. The van der Waals surface area contributed by atoms with E-state index in [1.165, 1.54) is 22.3 Å². The van der Waals surface area contributed by atoms with Gasteiger partial charge in [-0.3, -0.25) is 4.79 Å². The maximum absolute atomic E-state index is 12.8. The molecule has 184 valence electrons. The second-order valence-corrected chi connectivity index (χ2v) is 10.2. The third-order valence-corrected chi connectivity index (χ3v) is 7.95. The van der Waals surface area contributed by atoms with Crippen molar-refractivity contribution in [2.45, 2.75) is 50.5 Å². The molecule has 3 atom stereocenters. The van der Waals surface area contributed by atoms with Crippen LogP contribution in [0.3, 0.4) is 0 Å². The second-order valence-electron chi connectivity index (χ2n) is 10.2. The van der Waals surface area contributed by atoms with Crippen molar-refractivity contribution in [1.82, 2.24) is 10.2 Å². The number of alkyl carbamates (subject to hydrolysis) is 1. The first-order chi connectivity index (χ1) is 16.9. The minimum absolute atomic E-state index is 0.0144. The number of carbonyl (C=O) groups is 3. The Labute approximate surface area is 205 Å².